The van der Waals surface area contributed by atoms with Crippen molar-refractivity contribution in [2.75, 3.05) is 12.4 Å². The molecule has 0 heterocycles. The van der Waals surface area contributed by atoms with Crippen molar-refractivity contribution in [2.24, 2.45) is 0 Å². The Morgan fingerprint density at radius 3 is 2.67 bits per heavy atom. The van der Waals surface area contributed by atoms with Crippen molar-refractivity contribution in [3.8, 4) is 0 Å². The molecule has 0 bridgehead atoms. The lowest BCUT2D eigenvalue weighted by atomic mass is 10.4. The third kappa shape index (κ3) is 4.48. The first-order chi connectivity index (χ1) is 4.18. The molecule has 1 nitrogen and oxygen atoms in total. The molecule has 0 rings (SSSR count). The maximum absolute atomic E-state index is 5.01. The summed E-state index contributed by atoms with van der Waals surface area (Å²) in [6.07, 6.45) is 0. The molecule has 0 aromatic carbocycles. The highest BCUT2D eigenvalue weighted by molar-refractivity contribution is 7.80. The van der Waals surface area contributed by atoms with Gasteiger partial charge in [0.15, 0.2) is 5.05 Å². The van der Waals surface area contributed by atoms with Crippen molar-refractivity contribution in [1.29, 1.82) is 0 Å². The molecule has 0 unspecified atom stereocenters. The molecular formula is C6H10OS2. The van der Waals surface area contributed by atoms with Gasteiger partial charge in [0, 0.05) is 5.75 Å². The molecule has 0 atom stereocenters. The second-order valence-electron chi connectivity index (χ2n) is 1.64. The first-order valence-electron chi connectivity index (χ1n) is 2.62. The molecule has 0 radical (unpaired) electrons. The van der Waals surface area contributed by atoms with Gasteiger partial charge in [-0.3, -0.25) is 0 Å². The van der Waals surface area contributed by atoms with Crippen LogP contribution in [0, 0.1) is 0 Å². The average Bonchev–Trinajstić information content (AvgIpc) is 1.82. The van der Waals surface area contributed by atoms with Crippen LogP contribution >= 0.6 is 24.8 Å². The molecule has 0 amide bonds. The first kappa shape index (κ1) is 8.98. The van der Waals surface area contributed by atoms with E-state index in [1.165, 1.54) is 0 Å². The molecule has 0 aliphatic rings. The summed E-state index contributed by atoms with van der Waals surface area (Å²) in [5.74, 6) is 0.688. The molecule has 52 valence electrons. The Kier molecular flexibility index (Phi) is 4.81. The summed E-state index contributed by atoms with van der Waals surface area (Å²) in [6.45, 7) is 6.00. The topological polar surface area (TPSA) is 9.23 Å². The minimum absolute atomic E-state index is 0.490. The highest BCUT2D eigenvalue weighted by atomic mass is 32.1. The first-order valence-corrected chi connectivity index (χ1v) is 3.66. The Bertz CT molecular complexity index is 120. The van der Waals surface area contributed by atoms with Crippen molar-refractivity contribution in [3.63, 3.8) is 0 Å². The van der Waals surface area contributed by atoms with Crippen LogP contribution in [0.2, 0.25) is 0 Å². The minimum atomic E-state index is 0.490. The Balaban J connectivity index is 3.39. The van der Waals surface area contributed by atoms with Gasteiger partial charge in [0.25, 0.3) is 0 Å². The fourth-order valence-corrected chi connectivity index (χ4v) is 0.436. The van der Waals surface area contributed by atoms with Crippen LogP contribution in [0.4, 0.5) is 0 Å². The zero-order valence-corrected chi connectivity index (χ0v) is 7.10. The van der Waals surface area contributed by atoms with Crippen LogP contribution in [-0.2, 0) is 4.74 Å². The molecule has 9 heavy (non-hydrogen) atoms. The van der Waals surface area contributed by atoms with Crippen molar-refractivity contribution >= 4 is 29.9 Å². The number of thiocarbonyl (C=S) groups is 1. The highest BCUT2D eigenvalue weighted by Gasteiger charge is 1.94. The van der Waals surface area contributed by atoms with E-state index in [4.69, 9.17) is 17.0 Å². The maximum Gasteiger partial charge on any atom is 0.186 e. The molecule has 0 saturated heterocycles. The lowest BCUT2D eigenvalue weighted by Gasteiger charge is -2.02. The summed E-state index contributed by atoms with van der Waals surface area (Å²) in [7, 11) is 0. The molecule has 0 fully saturated rings. The van der Waals surface area contributed by atoms with E-state index in [9.17, 15) is 0 Å². The summed E-state index contributed by atoms with van der Waals surface area (Å²) in [5.41, 5.74) is 0.798. The molecule has 0 spiro atoms. The fourth-order valence-electron chi connectivity index (χ4n) is 0.262. The van der Waals surface area contributed by atoms with Gasteiger partial charge in [0.2, 0.25) is 0 Å². The lowest BCUT2D eigenvalue weighted by molar-refractivity contribution is 0.341. The van der Waals surface area contributed by atoms with Crippen LogP contribution in [0.3, 0.4) is 0 Å². The van der Waals surface area contributed by atoms with Crippen LogP contribution in [0.1, 0.15) is 6.92 Å². The van der Waals surface area contributed by atoms with Gasteiger partial charge in [-0.05, 0) is 24.7 Å². The third-order valence-electron chi connectivity index (χ3n) is 0.673. The van der Waals surface area contributed by atoms with Crippen LogP contribution in [0.5, 0.6) is 0 Å². The molecule has 3 heteroatoms. The maximum atomic E-state index is 5.01. The summed E-state index contributed by atoms with van der Waals surface area (Å²) >= 11 is 8.74. The van der Waals surface area contributed by atoms with Crippen LogP contribution in [-0.4, -0.2) is 17.4 Å². The largest absolute Gasteiger partial charge is 0.482 e. The molecule has 0 aliphatic heterocycles. The van der Waals surface area contributed by atoms with Crippen LogP contribution in [0.25, 0.3) is 0 Å². The van der Waals surface area contributed by atoms with E-state index < -0.39 is 0 Å². The number of hydrogen-bond donors (Lipinski definition) is 1. The van der Waals surface area contributed by atoms with Crippen molar-refractivity contribution < 1.29 is 4.74 Å². The zero-order chi connectivity index (χ0) is 7.28. The van der Waals surface area contributed by atoms with Crippen LogP contribution < -0.4 is 0 Å². The van der Waals surface area contributed by atoms with Gasteiger partial charge < -0.3 is 4.74 Å². The Hall–Kier alpha value is -0.0200. The van der Waals surface area contributed by atoms with Gasteiger partial charge in [-0.1, -0.05) is 6.58 Å². The Morgan fingerprint density at radius 2 is 2.33 bits per heavy atom. The zero-order valence-electron chi connectivity index (χ0n) is 5.39. The summed E-state index contributed by atoms with van der Waals surface area (Å²) < 4.78 is 5.01. The monoisotopic (exact) mass is 162 g/mol. The van der Waals surface area contributed by atoms with Crippen LogP contribution in [0.15, 0.2) is 12.2 Å². The van der Waals surface area contributed by atoms with E-state index in [-0.39, 0.29) is 0 Å². The second-order valence-corrected chi connectivity index (χ2v) is 2.46. The Morgan fingerprint density at radius 1 is 1.78 bits per heavy atom. The predicted octanol–water partition coefficient (Wildman–Crippen LogP) is 1.84. The summed E-state index contributed by atoms with van der Waals surface area (Å²) in [5, 5.41) is 0.490. The van der Waals surface area contributed by atoms with E-state index in [1.54, 1.807) is 0 Å². The quantitative estimate of drug-likeness (QED) is 0.385. The normalized spacial score (nSPS) is 8.67. The standard InChI is InChI=1S/C6H10OS2/c1-5(2)6(9)7-3-4-8/h8H,1,3-4H2,2H3. The van der Waals surface area contributed by atoms with Gasteiger partial charge in [-0.15, -0.1) is 0 Å². The molecule has 0 saturated carbocycles. The summed E-state index contributed by atoms with van der Waals surface area (Å²) in [4.78, 5) is 0. The van der Waals surface area contributed by atoms with Gasteiger partial charge in [0.1, 0.15) is 0 Å². The third-order valence-corrected chi connectivity index (χ3v) is 1.32. The molecule has 0 aromatic rings. The van der Waals surface area contributed by atoms with Gasteiger partial charge in [-0.25, -0.2) is 0 Å². The number of rotatable bonds is 3. The minimum Gasteiger partial charge on any atom is -0.482 e. The van der Waals surface area contributed by atoms with E-state index in [2.05, 4.69) is 19.2 Å². The van der Waals surface area contributed by atoms with E-state index in [1.807, 2.05) is 6.92 Å². The van der Waals surface area contributed by atoms with Gasteiger partial charge in [0.05, 0.1) is 6.61 Å². The van der Waals surface area contributed by atoms with Crippen molar-refractivity contribution in [3.05, 3.63) is 12.2 Å². The number of thiol groups is 1. The van der Waals surface area contributed by atoms with E-state index in [0.717, 1.165) is 5.57 Å². The highest BCUT2D eigenvalue weighted by Crippen LogP contribution is 1.94. The summed E-state index contributed by atoms with van der Waals surface area (Å²) in [6, 6.07) is 0. The molecule has 0 aliphatic carbocycles. The SMILES string of the molecule is C=C(C)C(=S)OCCS. The van der Waals surface area contributed by atoms with E-state index in [0.29, 0.717) is 17.4 Å². The number of ether oxygens (including phenoxy) is 1. The predicted molar refractivity (Wildman–Crippen MR) is 47.2 cm³/mol. The van der Waals surface area contributed by atoms with Gasteiger partial charge >= 0.3 is 0 Å². The molecule has 0 N–H and O–H groups in total. The molecule has 0 aromatic heterocycles. The molecular weight excluding hydrogens is 152 g/mol. The van der Waals surface area contributed by atoms with Crippen molar-refractivity contribution in [2.45, 2.75) is 6.92 Å². The number of hydrogen-bond acceptors (Lipinski definition) is 3. The smallest absolute Gasteiger partial charge is 0.186 e. The Labute approximate surface area is 66.5 Å². The lowest BCUT2D eigenvalue weighted by Crippen LogP contribution is -2.04. The van der Waals surface area contributed by atoms with Crippen molar-refractivity contribution in [1.82, 2.24) is 0 Å². The van der Waals surface area contributed by atoms with E-state index >= 15 is 0 Å². The second kappa shape index (κ2) is 4.82. The van der Waals surface area contributed by atoms with Gasteiger partial charge in [-0.2, -0.15) is 12.6 Å². The fraction of sp³-hybridized carbons (Fsp3) is 0.500. The average molecular weight is 162 g/mol.